The summed E-state index contributed by atoms with van der Waals surface area (Å²) in [6, 6.07) is 15.1. The highest BCUT2D eigenvalue weighted by Crippen LogP contribution is 2.28. The second-order valence-corrected chi connectivity index (χ2v) is 6.48. The molecule has 3 N–H and O–H groups in total. The van der Waals surface area contributed by atoms with Crippen LogP contribution < -0.4 is 16.0 Å². The van der Waals surface area contributed by atoms with E-state index in [0.29, 0.717) is 0 Å². The van der Waals surface area contributed by atoms with Gasteiger partial charge in [0.15, 0.2) is 0 Å². The fourth-order valence-corrected chi connectivity index (χ4v) is 3.56. The molecule has 2 aromatic carbocycles. The fraction of sp³-hybridized carbons (Fsp3) is 0.294. The number of nitrogens with one attached hydrogen (secondary N) is 1. The van der Waals surface area contributed by atoms with E-state index < -0.39 is 0 Å². The normalized spacial score (nSPS) is 14.6. The number of hydrogen-bond acceptors (Lipinski definition) is 3. The molecule has 0 spiro atoms. The quantitative estimate of drug-likeness (QED) is 0.465. The van der Waals surface area contributed by atoms with Gasteiger partial charge in [-0.15, -0.1) is 0 Å². The molecule has 21 heavy (non-hydrogen) atoms. The minimum absolute atomic E-state index is 0.183. The summed E-state index contributed by atoms with van der Waals surface area (Å²) >= 11 is 2.37. The number of rotatable bonds is 5. The van der Waals surface area contributed by atoms with Crippen LogP contribution in [0, 0.1) is 3.57 Å². The van der Waals surface area contributed by atoms with Crippen molar-refractivity contribution in [3.8, 4) is 5.75 Å². The molecule has 0 saturated carbocycles. The average Bonchev–Trinajstić information content (AvgIpc) is 2.97. The smallest absolute Gasteiger partial charge is 0.122 e. The standard InChI is InChI=1S/C17H19IN2O/c18-15-4-2-1-3-14(15)16(20-19)7-5-12-6-8-17-13(11-12)9-10-21-17/h1-4,6,8,11,16,20H,5,7,9-10,19H2. The van der Waals surface area contributed by atoms with Crippen LogP contribution in [0.25, 0.3) is 0 Å². The molecule has 3 rings (SSSR count). The number of nitrogens with two attached hydrogens (primary N) is 1. The number of hydrogen-bond donors (Lipinski definition) is 2. The lowest BCUT2D eigenvalue weighted by atomic mass is 9.98. The first-order chi connectivity index (χ1) is 10.3. The predicted octanol–water partition coefficient (Wildman–Crippen LogP) is 3.36. The van der Waals surface area contributed by atoms with E-state index in [-0.39, 0.29) is 6.04 Å². The largest absolute Gasteiger partial charge is 0.493 e. The van der Waals surface area contributed by atoms with Crippen molar-refractivity contribution in [2.24, 2.45) is 5.84 Å². The molecule has 1 aliphatic heterocycles. The van der Waals surface area contributed by atoms with E-state index in [2.05, 4.69) is 70.5 Å². The van der Waals surface area contributed by atoms with Crippen molar-refractivity contribution in [3.63, 3.8) is 0 Å². The van der Waals surface area contributed by atoms with E-state index in [0.717, 1.165) is 31.6 Å². The van der Waals surface area contributed by atoms with E-state index in [9.17, 15) is 0 Å². The van der Waals surface area contributed by atoms with Gasteiger partial charge in [-0.3, -0.25) is 11.3 Å². The van der Waals surface area contributed by atoms with E-state index in [1.54, 1.807) is 0 Å². The van der Waals surface area contributed by atoms with Gasteiger partial charge in [-0.25, -0.2) is 0 Å². The molecule has 0 aromatic heterocycles. The molecule has 0 radical (unpaired) electrons. The Morgan fingerprint density at radius 1 is 1.24 bits per heavy atom. The molecule has 1 unspecified atom stereocenters. The van der Waals surface area contributed by atoms with Crippen LogP contribution in [0.1, 0.15) is 29.2 Å². The van der Waals surface area contributed by atoms with Gasteiger partial charge in [-0.05, 0) is 64.3 Å². The third kappa shape index (κ3) is 3.39. The van der Waals surface area contributed by atoms with Crippen molar-refractivity contribution in [3.05, 3.63) is 62.7 Å². The van der Waals surface area contributed by atoms with Gasteiger partial charge in [0.2, 0.25) is 0 Å². The van der Waals surface area contributed by atoms with E-state index in [4.69, 9.17) is 10.6 Å². The van der Waals surface area contributed by atoms with Gasteiger partial charge >= 0.3 is 0 Å². The van der Waals surface area contributed by atoms with Gasteiger partial charge in [0.1, 0.15) is 5.75 Å². The molecular formula is C17H19IN2O. The van der Waals surface area contributed by atoms with Crippen molar-refractivity contribution < 1.29 is 4.74 Å². The summed E-state index contributed by atoms with van der Waals surface area (Å²) in [4.78, 5) is 0. The summed E-state index contributed by atoms with van der Waals surface area (Å²) < 4.78 is 6.80. The van der Waals surface area contributed by atoms with Crippen molar-refractivity contribution >= 4 is 22.6 Å². The highest BCUT2D eigenvalue weighted by Gasteiger charge is 2.15. The second kappa shape index (κ2) is 6.77. The van der Waals surface area contributed by atoms with E-state index in [1.165, 1.54) is 20.3 Å². The minimum atomic E-state index is 0.183. The summed E-state index contributed by atoms with van der Waals surface area (Å²) in [7, 11) is 0. The van der Waals surface area contributed by atoms with Crippen LogP contribution in [0.2, 0.25) is 0 Å². The summed E-state index contributed by atoms with van der Waals surface area (Å²) in [5.41, 5.74) is 6.91. The molecule has 2 aromatic rings. The third-order valence-corrected chi connectivity index (χ3v) is 4.94. The average molecular weight is 394 g/mol. The molecule has 0 fully saturated rings. The predicted molar refractivity (Wildman–Crippen MR) is 93.2 cm³/mol. The molecule has 1 atom stereocenters. The lowest BCUT2D eigenvalue weighted by molar-refractivity contribution is 0.357. The maximum absolute atomic E-state index is 5.75. The highest BCUT2D eigenvalue weighted by molar-refractivity contribution is 14.1. The van der Waals surface area contributed by atoms with Gasteiger partial charge in [0, 0.05) is 16.0 Å². The molecule has 1 heterocycles. The summed E-state index contributed by atoms with van der Waals surface area (Å²) in [5.74, 6) is 6.80. The van der Waals surface area contributed by atoms with Crippen molar-refractivity contribution in [2.75, 3.05) is 6.61 Å². The van der Waals surface area contributed by atoms with Crippen LogP contribution in [0.15, 0.2) is 42.5 Å². The van der Waals surface area contributed by atoms with Gasteiger partial charge in [0.05, 0.1) is 6.61 Å². The van der Waals surface area contributed by atoms with Crippen molar-refractivity contribution in [2.45, 2.75) is 25.3 Å². The highest BCUT2D eigenvalue weighted by atomic mass is 127. The second-order valence-electron chi connectivity index (χ2n) is 5.32. The molecule has 3 nitrogen and oxygen atoms in total. The molecule has 0 saturated heterocycles. The monoisotopic (exact) mass is 394 g/mol. The van der Waals surface area contributed by atoms with Crippen LogP contribution in [0.3, 0.4) is 0 Å². The summed E-state index contributed by atoms with van der Waals surface area (Å²) in [5, 5.41) is 0. The molecule has 4 heteroatoms. The first-order valence-electron chi connectivity index (χ1n) is 7.23. The van der Waals surface area contributed by atoms with Crippen molar-refractivity contribution in [1.82, 2.24) is 5.43 Å². The van der Waals surface area contributed by atoms with Crippen LogP contribution in [-0.4, -0.2) is 6.61 Å². The Hall–Kier alpha value is -1.11. The lowest BCUT2D eigenvalue weighted by Crippen LogP contribution is -2.29. The zero-order valence-electron chi connectivity index (χ0n) is 11.8. The Balaban J connectivity index is 1.70. The first-order valence-corrected chi connectivity index (χ1v) is 8.31. The van der Waals surface area contributed by atoms with Crippen LogP contribution in [-0.2, 0) is 12.8 Å². The van der Waals surface area contributed by atoms with Gasteiger partial charge in [-0.2, -0.15) is 0 Å². The Bertz CT molecular complexity index is 630. The SMILES string of the molecule is NNC(CCc1ccc2c(c1)CCO2)c1ccccc1I. The number of benzene rings is 2. The minimum Gasteiger partial charge on any atom is -0.493 e. The molecule has 1 aliphatic rings. The van der Waals surface area contributed by atoms with Gasteiger partial charge in [0.25, 0.3) is 0 Å². The van der Waals surface area contributed by atoms with Gasteiger partial charge < -0.3 is 4.74 Å². The number of ether oxygens (including phenoxy) is 1. The van der Waals surface area contributed by atoms with Crippen LogP contribution in [0.5, 0.6) is 5.75 Å². The maximum Gasteiger partial charge on any atom is 0.122 e. The molecule has 0 amide bonds. The Morgan fingerprint density at radius 2 is 2.10 bits per heavy atom. The topological polar surface area (TPSA) is 47.3 Å². The van der Waals surface area contributed by atoms with E-state index >= 15 is 0 Å². The summed E-state index contributed by atoms with van der Waals surface area (Å²) in [6.07, 6.45) is 3.02. The first kappa shape index (κ1) is 14.8. The Morgan fingerprint density at radius 3 is 2.90 bits per heavy atom. The number of hydrazine groups is 1. The number of aryl methyl sites for hydroxylation is 1. The number of halogens is 1. The third-order valence-electron chi connectivity index (χ3n) is 3.96. The zero-order valence-corrected chi connectivity index (χ0v) is 14.0. The molecule has 0 aliphatic carbocycles. The molecule has 110 valence electrons. The summed E-state index contributed by atoms with van der Waals surface area (Å²) in [6.45, 7) is 0.813. The number of fused-ring (bicyclic) bond motifs is 1. The Labute approximate surface area is 139 Å². The lowest BCUT2D eigenvalue weighted by Gasteiger charge is -2.18. The van der Waals surface area contributed by atoms with Crippen LogP contribution in [0.4, 0.5) is 0 Å². The zero-order chi connectivity index (χ0) is 14.7. The Kier molecular flexibility index (Phi) is 4.77. The maximum atomic E-state index is 5.75. The van der Waals surface area contributed by atoms with E-state index in [1.807, 2.05) is 0 Å². The van der Waals surface area contributed by atoms with Gasteiger partial charge in [-0.1, -0.05) is 30.3 Å². The molecular weight excluding hydrogens is 375 g/mol. The van der Waals surface area contributed by atoms with Crippen LogP contribution >= 0.6 is 22.6 Å². The molecule has 0 bridgehead atoms. The van der Waals surface area contributed by atoms with Crippen molar-refractivity contribution in [1.29, 1.82) is 0 Å². The fourth-order valence-electron chi connectivity index (χ4n) is 2.79.